The number of benzene rings is 3. The summed E-state index contributed by atoms with van der Waals surface area (Å²) < 4.78 is 5.47. The number of ether oxygens (including phenoxy) is 1. The Kier molecular flexibility index (Phi) is 4.58. The first kappa shape index (κ1) is 16.1. The van der Waals surface area contributed by atoms with Crippen LogP contribution in [0.15, 0.2) is 54.6 Å². The molecule has 0 saturated carbocycles. The Hall–Kier alpha value is -2.72. The first-order valence-electron chi connectivity index (χ1n) is 7.41. The van der Waals surface area contributed by atoms with E-state index in [1.807, 2.05) is 36.4 Å². The molecular weight excluding hydrogens is 326 g/mol. The third-order valence-corrected chi connectivity index (χ3v) is 4.21. The summed E-state index contributed by atoms with van der Waals surface area (Å²) in [6, 6.07) is 16.9. The van der Waals surface area contributed by atoms with Gasteiger partial charge in [0.15, 0.2) is 0 Å². The molecule has 0 aromatic heterocycles. The Balaban J connectivity index is 1.93. The molecule has 0 radical (unpaired) electrons. The van der Waals surface area contributed by atoms with E-state index < -0.39 is 5.97 Å². The van der Waals surface area contributed by atoms with Crippen LogP contribution in [0.4, 0.5) is 5.69 Å². The summed E-state index contributed by atoms with van der Waals surface area (Å²) in [5.74, 6) is -0.264. The molecule has 122 valence electrons. The molecule has 4 nitrogen and oxygen atoms in total. The highest BCUT2D eigenvalue weighted by molar-refractivity contribution is 6.33. The van der Waals surface area contributed by atoms with Gasteiger partial charge in [-0.1, -0.05) is 41.9 Å². The second kappa shape index (κ2) is 6.81. The van der Waals surface area contributed by atoms with Crippen LogP contribution in [0.5, 0.6) is 5.75 Å². The van der Waals surface area contributed by atoms with Gasteiger partial charge in [-0.3, -0.25) is 0 Å². The molecule has 3 rings (SSSR count). The minimum Gasteiger partial charge on any atom is -0.496 e. The predicted octanol–water partition coefficient (Wildman–Crippen LogP) is 4.81. The fourth-order valence-electron chi connectivity index (χ4n) is 2.68. The lowest BCUT2D eigenvalue weighted by Gasteiger charge is -2.14. The van der Waals surface area contributed by atoms with Gasteiger partial charge in [0.05, 0.1) is 17.7 Å². The van der Waals surface area contributed by atoms with E-state index in [4.69, 9.17) is 21.4 Å². The first-order valence-corrected chi connectivity index (χ1v) is 7.79. The van der Waals surface area contributed by atoms with Crippen LogP contribution in [-0.2, 0) is 6.54 Å². The van der Waals surface area contributed by atoms with Gasteiger partial charge in [0, 0.05) is 17.8 Å². The van der Waals surface area contributed by atoms with Crippen molar-refractivity contribution in [2.75, 3.05) is 12.4 Å². The fourth-order valence-corrected chi connectivity index (χ4v) is 2.88. The van der Waals surface area contributed by atoms with Crippen molar-refractivity contribution >= 4 is 34.0 Å². The van der Waals surface area contributed by atoms with Gasteiger partial charge in [0.1, 0.15) is 5.75 Å². The number of hydrogen-bond donors (Lipinski definition) is 2. The van der Waals surface area contributed by atoms with Crippen molar-refractivity contribution in [2.45, 2.75) is 6.54 Å². The Bertz CT molecular complexity index is 908. The number of carboxylic acids is 1. The van der Waals surface area contributed by atoms with Crippen LogP contribution < -0.4 is 10.1 Å². The second-order valence-electron chi connectivity index (χ2n) is 5.32. The number of rotatable bonds is 5. The normalized spacial score (nSPS) is 10.6. The van der Waals surface area contributed by atoms with Crippen LogP contribution in [0.2, 0.25) is 5.02 Å². The van der Waals surface area contributed by atoms with Gasteiger partial charge in [0.25, 0.3) is 0 Å². The maximum atomic E-state index is 11.2. The van der Waals surface area contributed by atoms with Crippen molar-refractivity contribution in [2.24, 2.45) is 0 Å². The second-order valence-corrected chi connectivity index (χ2v) is 5.73. The zero-order valence-electron chi connectivity index (χ0n) is 13.0. The number of aromatic carboxylic acids is 1. The highest BCUT2D eigenvalue weighted by Gasteiger charge is 2.11. The van der Waals surface area contributed by atoms with E-state index in [-0.39, 0.29) is 10.6 Å². The van der Waals surface area contributed by atoms with Gasteiger partial charge in [-0.15, -0.1) is 0 Å². The molecule has 5 heteroatoms. The van der Waals surface area contributed by atoms with Crippen molar-refractivity contribution in [1.29, 1.82) is 0 Å². The highest BCUT2D eigenvalue weighted by Crippen LogP contribution is 2.29. The zero-order chi connectivity index (χ0) is 17.1. The molecule has 0 fully saturated rings. The molecule has 24 heavy (non-hydrogen) atoms. The molecule has 0 heterocycles. The molecule has 0 saturated heterocycles. The van der Waals surface area contributed by atoms with Crippen LogP contribution in [0.25, 0.3) is 10.8 Å². The average molecular weight is 342 g/mol. The van der Waals surface area contributed by atoms with Crippen LogP contribution in [0, 0.1) is 0 Å². The fraction of sp³-hybridized carbons (Fsp3) is 0.105. The smallest absolute Gasteiger partial charge is 0.337 e. The Morgan fingerprint density at radius 3 is 2.71 bits per heavy atom. The minimum absolute atomic E-state index is 0.0755. The van der Waals surface area contributed by atoms with E-state index in [1.165, 1.54) is 6.07 Å². The monoisotopic (exact) mass is 341 g/mol. The molecule has 0 spiro atoms. The number of carbonyl (C=O) groups is 1. The van der Waals surface area contributed by atoms with Crippen molar-refractivity contribution in [3.8, 4) is 5.75 Å². The van der Waals surface area contributed by atoms with Gasteiger partial charge in [-0.05, 0) is 35.0 Å². The van der Waals surface area contributed by atoms with Crippen LogP contribution >= 0.6 is 11.6 Å². The summed E-state index contributed by atoms with van der Waals surface area (Å²) in [5.41, 5.74) is 1.78. The summed E-state index contributed by atoms with van der Waals surface area (Å²) in [6.07, 6.45) is 0. The van der Waals surface area contributed by atoms with Crippen LogP contribution in [-0.4, -0.2) is 18.2 Å². The van der Waals surface area contributed by atoms with Crippen LogP contribution in [0.3, 0.4) is 0 Å². The van der Waals surface area contributed by atoms with Gasteiger partial charge >= 0.3 is 5.97 Å². The van der Waals surface area contributed by atoms with E-state index >= 15 is 0 Å². The molecule has 3 aromatic carbocycles. The zero-order valence-corrected chi connectivity index (χ0v) is 13.8. The summed E-state index contributed by atoms with van der Waals surface area (Å²) in [6.45, 7) is 0.505. The van der Waals surface area contributed by atoms with E-state index in [2.05, 4.69) is 5.32 Å². The summed E-state index contributed by atoms with van der Waals surface area (Å²) in [4.78, 5) is 11.2. The standard InChI is InChI=1S/C19H16ClNO3/c1-24-18-9-6-12-4-2-3-5-14(12)16(18)11-21-13-7-8-17(20)15(10-13)19(22)23/h2-10,21H,11H2,1H3,(H,22,23). The lowest BCUT2D eigenvalue weighted by molar-refractivity contribution is 0.0697. The SMILES string of the molecule is COc1ccc2ccccc2c1CNc1ccc(Cl)c(C(=O)O)c1. The summed E-state index contributed by atoms with van der Waals surface area (Å²) in [5, 5.41) is 14.9. The van der Waals surface area contributed by atoms with E-state index in [0.29, 0.717) is 12.2 Å². The maximum Gasteiger partial charge on any atom is 0.337 e. The molecule has 0 aliphatic carbocycles. The third kappa shape index (κ3) is 3.14. The number of carboxylic acid groups (broad SMARTS) is 1. The first-order chi connectivity index (χ1) is 11.6. The topological polar surface area (TPSA) is 58.6 Å². The Morgan fingerprint density at radius 1 is 1.17 bits per heavy atom. The lowest BCUT2D eigenvalue weighted by Crippen LogP contribution is -2.04. The van der Waals surface area contributed by atoms with Crippen molar-refractivity contribution in [1.82, 2.24) is 0 Å². The predicted molar refractivity (Wildman–Crippen MR) is 96.2 cm³/mol. The maximum absolute atomic E-state index is 11.2. The number of methoxy groups -OCH3 is 1. The molecule has 0 unspecified atom stereocenters. The third-order valence-electron chi connectivity index (χ3n) is 3.88. The minimum atomic E-state index is -1.05. The van der Waals surface area contributed by atoms with Gasteiger partial charge in [-0.25, -0.2) is 4.79 Å². The number of nitrogens with one attached hydrogen (secondary N) is 1. The molecule has 0 amide bonds. The van der Waals surface area contributed by atoms with Gasteiger partial charge in [-0.2, -0.15) is 0 Å². The summed E-state index contributed by atoms with van der Waals surface area (Å²) in [7, 11) is 1.64. The van der Waals surface area contributed by atoms with Gasteiger partial charge in [0.2, 0.25) is 0 Å². The number of halogens is 1. The van der Waals surface area contributed by atoms with E-state index in [1.54, 1.807) is 19.2 Å². The Morgan fingerprint density at radius 2 is 1.96 bits per heavy atom. The molecule has 3 aromatic rings. The highest BCUT2D eigenvalue weighted by atomic mass is 35.5. The molecule has 0 aliphatic heterocycles. The molecule has 0 atom stereocenters. The number of hydrogen-bond acceptors (Lipinski definition) is 3. The molecule has 0 bridgehead atoms. The van der Waals surface area contributed by atoms with Crippen molar-refractivity contribution in [3.63, 3.8) is 0 Å². The number of anilines is 1. The van der Waals surface area contributed by atoms with Crippen molar-refractivity contribution < 1.29 is 14.6 Å². The lowest BCUT2D eigenvalue weighted by atomic mass is 10.0. The van der Waals surface area contributed by atoms with Crippen molar-refractivity contribution in [3.05, 3.63) is 70.7 Å². The van der Waals surface area contributed by atoms with E-state index in [9.17, 15) is 4.79 Å². The van der Waals surface area contributed by atoms with Gasteiger partial charge < -0.3 is 15.2 Å². The van der Waals surface area contributed by atoms with E-state index in [0.717, 1.165) is 22.1 Å². The number of fused-ring (bicyclic) bond motifs is 1. The molecule has 0 aliphatic rings. The average Bonchev–Trinajstić information content (AvgIpc) is 2.60. The molecule has 2 N–H and O–H groups in total. The largest absolute Gasteiger partial charge is 0.496 e. The van der Waals surface area contributed by atoms with Crippen LogP contribution in [0.1, 0.15) is 15.9 Å². The Labute approximate surface area is 144 Å². The molecular formula is C19H16ClNO3. The summed E-state index contributed by atoms with van der Waals surface area (Å²) >= 11 is 5.91. The quantitative estimate of drug-likeness (QED) is 0.699.